The van der Waals surface area contributed by atoms with Gasteiger partial charge in [0, 0.05) is 0 Å². The van der Waals surface area contributed by atoms with Crippen molar-refractivity contribution < 1.29 is 4.74 Å². The van der Waals surface area contributed by atoms with Crippen molar-refractivity contribution in [1.82, 2.24) is 0 Å². The molecule has 70 valence electrons. The van der Waals surface area contributed by atoms with Gasteiger partial charge in [0.1, 0.15) is 0 Å². The van der Waals surface area contributed by atoms with E-state index in [2.05, 4.69) is 45.6 Å². The Bertz CT molecular complexity index is 325. The van der Waals surface area contributed by atoms with Crippen molar-refractivity contribution in [3.63, 3.8) is 0 Å². The van der Waals surface area contributed by atoms with Crippen molar-refractivity contribution >= 4 is 21.9 Å². The summed E-state index contributed by atoms with van der Waals surface area (Å²) >= 11 is 2.13. The van der Waals surface area contributed by atoms with Crippen LogP contribution in [0.15, 0.2) is 18.2 Å². The monoisotopic (exact) mass is 288 g/mol. The molecule has 0 aliphatic rings. The zero-order chi connectivity index (χ0) is 9.68. The van der Waals surface area contributed by atoms with E-state index in [-0.39, 0.29) is 0 Å². The Kier molecular flexibility index (Phi) is 4.33. The Morgan fingerprint density at radius 2 is 2.23 bits per heavy atom. The molecule has 0 atom stereocenters. The fraction of sp³-hybridized carbons (Fsp3) is 0.364. The summed E-state index contributed by atoms with van der Waals surface area (Å²) in [5, 5.41) is 0. The minimum absolute atomic E-state index is 0.788. The first kappa shape index (κ1) is 10.6. The molecule has 1 nitrogen and oxygen atoms in total. The van der Waals surface area contributed by atoms with Gasteiger partial charge in [-0.05, 0) is 0 Å². The van der Waals surface area contributed by atoms with Crippen LogP contribution in [0.1, 0.15) is 24.5 Å². The number of hydrogen-bond donors (Lipinski definition) is 0. The predicted octanol–water partition coefficient (Wildman–Crippen LogP) is 3.53. The zero-order valence-electron chi connectivity index (χ0n) is 7.93. The number of benzene rings is 1. The molecule has 0 fully saturated rings. The molecule has 0 amide bonds. The Hall–Kier alpha value is -0.470. The maximum atomic E-state index is 5.51. The van der Waals surface area contributed by atoms with Crippen molar-refractivity contribution in [3.05, 3.63) is 29.3 Å². The van der Waals surface area contributed by atoms with Crippen LogP contribution in [0.3, 0.4) is 0 Å². The molecule has 0 saturated carbocycles. The molecular formula is C11H13IO. The number of hydrogen-bond acceptors (Lipinski definition) is 1. The van der Waals surface area contributed by atoms with Crippen LogP contribution < -0.4 is 4.74 Å². The van der Waals surface area contributed by atoms with Gasteiger partial charge in [0.05, 0.1) is 0 Å². The van der Waals surface area contributed by atoms with Gasteiger partial charge in [-0.3, -0.25) is 0 Å². The SMILES string of the molecule is CCCOc1ccc(C#I)c(C)c1. The zero-order valence-corrected chi connectivity index (χ0v) is 10.1. The van der Waals surface area contributed by atoms with Crippen LogP contribution in [-0.2, 0) is 0 Å². The summed E-state index contributed by atoms with van der Waals surface area (Å²) in [6.07, 6.45) is 1.05. The quantitative estimate of drug-likeness (QED) is 0.773. The first-order valence-electron chi connectivity index (χ1n) is 4.38. The second kappa shape index (κ2) is 5.30. The summed E-state index contributed by atoms with van der Waals surface area (Å²) in [6, 6.07) is 6.08. The van der Waals surface area contributed by atoms with Crippen molar-refractivity contribution in [1.29, 1.82) is 0 Å². The van der Waals surface area contributed by atoms with E-state index in [4.69, 9.17) is 4.74 Å². The molecule has 0 unspecified atom stereocenters. The topological polar surface area (TPSA) is 9.23 Å². The van der Waals surface area contributed by atoms with E-state index in [9.17, 15) is 0 Å². The average molecular weight is 288 g/mol. The minimum atomic E-state index is 0.788. The van der Waals surface area contributed by atoms with Crippen LogP contribution in [0.25, 0.3) is 0 Å². The number of aryl methyl sites for hydroxylation is 1. The van der Waals surface area contributed by atoms with Gasteiger partial charge < -0.3 is 0 Å². The molecule has 0 aliphatic carbocycles. The fourth-order valence-corrected chi connectivity index (χ4v) is 1.66. The van der Waals surface area contributed by atoms with Crippen LogP contribution in [-0.4, -0.2) is 6.61 Å². The standard InChI is InChI=1S/C11H13IO/c1-3-6-13-11-5-4-10(8-12)9(2)7-11/h4-5,7H,3,6H2,1-2H3. The summed E-state index contributed by atoms with van der Waals surface area (Å²) in [6.45, 7) is 4.96. The van der Waals surface area contributed by atoms with Crippen LogP contribution in [0, 0.1) is 10.7 Å². The Labute approximate surface area is 92.3 Å². The van der Waals surface area contributed by atoms with Crippen molar-refractivity contribution in [2.24, 2.45) is 0 Å². The van der Waals surface area contributed by atoms with Crippen LogP contribution in [0.2, 0.25) is 0 Å². The van der Waals surface area contributed by atoms with Crippen molar-refractivity contribution in [3.8, 4) is 9.56 Å². The normalized spacial score (nSPS) is 9.38. The average Bonchev–Trinajstić information content (AvgIpc) is 2.15. The molecule has 0 bridgehead atoms. The van der Waals surface area contributed by atoms with Gasteiger partial charge in [0.25, 0.3) is 0 Å². The second-order valence-corrected chi connectivity index (χ2v) is 3.46. The molecule has 0 N–H and O–H groups in total. The summed E-state index contributed by atoms with van der Waals surface area (Å²) < 4.78 is 8.60. The van der Waals surface area contributed by atoms with E-state index < -0.39 is 0 Å². The number of halogens is 1. The summed E-state index contributed by atoms with van der Waals surface area (Å²) in [4.78, 5) is 0. The summed E-state index contributed by atoms with van der Waals surface area (Å²) in [7, 11) is 0. The Morgan fingerprint density at radius 1 is 1.46 bits per heavy atom. The van der Waals surface area contributed by atoms with Crippen LogP contribution in [0.4, 0.5) is 0 Å². The molecule has 0 saturated heterocycles. The van der Waals surface area contributed by atoms with Gasteiger partial charge in [0.2, 0.25) is 0 Å². The van der Waals surface area contributed by atoms with Crippen LogP contribution in [0.5, 0.6) is 5.75 Å². The van der Waals surface area contributed by atoms with Crippen molar-refractivity contribution in [2.45, 2.75) is 20.3 Å². The third-order valence-corrected chi connectivity index (χ3v) is 2.35. The molecule has 0 aliphatic heterocycles. The maximum absolute atomic E-state index is 5.51. The molecule has 0 radical (unpaired) electrons. The van der Waals surface area contributed by atoms with Gasteiger partial charge in [-0.25, -0.2) is 0 Å². The predicted molar refractivity (Wildman–Crippen MR) is 64.0 cm³/mol. The van der Waals surface area contributed by atoms with Gasteiger partial charge in [-0.1, -0.05) is 0 Å². The van der Waals surface area contributed by atoms with E-state index in [0.29, 0.717) is 0 Å². The second-order valence-electron chi connectivity index (χ2n) is 2.92. The molecule has 1 rings (SSSR count). The number of ether oxygens (including phenoxy) is 1. The molecule has 1 aromatic carbocycles. The van der Waals surface area contributed by atoms with E-state index in [0.717, 1.165) is 24.3 Å². The molecule has 0 spiro atoms. The summed E-state index contributed by atoms with van der Waals surface area (Å²) in [5.74, 6) is 0.953. The van der Waals surface area contributed by atoms with Gasteiger partial charge in [-0.15, -0.1) is 0 Å². The third kappa shape index (κ3) is 3.05. The Morgan fingerprint density at radius 3 is 2.77 bits per heavy atom. The van der Waals surface area contributed by atoms with E-state index in [1.165, 1.54) is 5.56 Å². The Balaban J connectivity index is 2.79. The molecule has 13 heavy (non-hydrogen) atoms. The molecule has 0 aromatic heterocycles. The first-order valence-corrected chi connectivity index (χ1v) is 5.46. The van der Waals surface area contributed by atoms with Gasteiger partial charge in [0.15, 0.2) is 0 Å². The van der Waals surface area contributed by atoms with E-state index >= 15 is 0 Å². The van der Waals surface area contributed by atoms with Crippen LogP contribution >= 0.6 is 21.9 Å². The van der Waals surface area contributed by atoms with Gasteiger partial charge >= 0.3 is 92.4 Å². The molecule has 0 heterocycles. The molecule has 2 heteroatoms. The van der Waals surface area contributed by atoms with Gasteiger partial charge in [-0.2, -0.15) is 0 Å². The van der Waals surface area contributed by atoms with E-state index in [1.807, 2.05) is 12.1 Å². The van der Waals surface area contributed by atoms with E-state index in [1.54, 1.807) is 0 Å². The van der Waals surface area contributed by atoms with Crippen molar-refractivity contribution in [2.75, 3.05) is 6.61 Å². The fourth-order valence-electron chi connectivity index (χ4n) is 1.05. The summed E-state index contributed by atoms with van der Waals surface area (Å²) in [5.41, 5.74) is 2.35. The molecular weight excluding hydrogens is 275 g/mol. The molecule has 1 aromatic rings. The first-order chi connectivity index (χ1) is 6.27. The number of rotatable bonds is 3. The third-order valence-electron chi connectivity index (χ3n) is 1.77.